The Morgan fingerprint density at radius 1 is 0.464 bits per heavy atom. The Kier molecular flexibility index (Phi) is 17.1. The number of hydrogen-bond donors (Lipinski definition) is 0. The monoisotopic (exact) mass is 925 g/mol. The average molecular weight is 925 g/mol. The van der Waals surface area contributed by atoms with Gasteiger partial charge in [0.2, 0.25) is 17.7 Å². The van der Waals surface area contributed by atoms with Gasteiger partial charge in [0.1, 0.15) is 35.2 Å². The van der Waals surface area contributed by atoms with Crippen LogP contribution in [0.3, 0.4) is 0 Å². The summed E-state index contributed by atoms with van der Waals surface area (Å²) in [5.74, 6) is 2.75. The normalized spacial score (nSPS) is 15.8. The number of aromatic nitrogens is 8. The number of fused-ring (bicyclic) bond motifs is 9. The first-order valence-corrected chi connectivity index (χ1v) is 25.5. The zero-order chi connectivity index (χ0) is 49.2. The first kappa shape index (κ1) is 50.6. The molecule has 12 rings (SSSR count). The molecule has 69 heavy (non-hydrogen) atoms. The van der Waals surface area contributed by atoms with Crippen molar-refractivity contribution in [1.29, 1.82) is 0 Å². The Balaban J connectivity index is 0.000000123. The first-order valence-electron chi connectivity index (χ1n) is 25.5. The van der Waals surface area contributed by atoms with Crippen molar-refractivity contribution in [2.75, 3.05) is 0 Å². The number of nitrogens with zero attached hydrogens (tertiary/aromatic N) is 8. The Morgan fingerprint density at radius 2 is 1.04 bits per heavy atom. The summed E-state index contributed by atoms with van der Waals surface area (Å²) in [4.78, 5) is 7.73. The van der Waals surface area contributed by atoms with Gasteiger partial charge in [-0.25, -0.2) is 22.8 Å². The van der Waals surface area contributed by atoms with E-state index in [4.69, 9.17) is 0 Å². The quantitative estimate of drug-likeness (QED) is 0.143. The van der Waals surface area contributed by atoms with Crippen LogP contribution in [0.25, 0.3) is 21.7 Å². The van der Waals surface area contributed by atoms with Crippen LogP contribution in [0.5, 0.6) is 0 Å². The molecule has 1 fully saturated rings. The molecule has 2 atom stereocenters. The molecule has 2 bridgehead atoms. The molecular weight excluding hydrogens is 845 g/mol. The van der Waals surface area contributed by atoms with Gasteiger partial charge in [-0.05, 0) is 111 Å². The fraction of sp³-hybridized carbons (Fsp3) is 0.410. The molecule has 2 aromatic carbocycles. The van der Waals surface area contributed by atoms with Crippen molar-refractivity contribution in [1.82, 2.24) is 9.97 Å². The molecule has 8 nitrogen and oxygen atoms in total. The molecule has 0 radical (unpaired) electrons. The maximum absolute atomic E-state index is 3.93. The van der Waals surface area contributed by atoms with Gasteiger partial charge in [0, 0.05) is 118 Å². The minimum Gasteiger partial charge on any atom is -0.240 e. The lowest BCUT2D eigenvalue weighted by Gasteiger charge is -2.13. The molecule has 4 aliphatic carbocycles. The second kappa shape index (κ2) is 23.3. The van der Waals surface area contributed by atoms with Crippen molar-refractivity contribution in [3.63, 3.8) is 0 Å². The predicted octanol–water partition coefficient (Wildman–Crippen LogP) is 9.14. The Bertz CT molecular complexity index is 2940. The molecule has 0 aliphatic heterocycles. The van der Waals surface area contributed by atoms with Gasteiger partial charge in [-0.1, -0.05) is 40.3 Å². The molecule has 0 amide bonds. The smallest absolute Gasteiger partial charge is 0.240 e. The molecule has 6 aromatic heterocycles. The Morgan fingerprint density at radius 3 is 1.77 bits per heavy atom. The third-order valence-corrected chi connectivity index (χ3v) is 15.4. The molecule has 2 unspecified atom stereocenters. The van der Waals surface area contributed by atoms with E-state index in [1.54, 1.807) is 40.0 Å². The van der Waals surface area contributed by atoms with Crippen LogP contribution in [0.15, 0.2) is 122 Å². The zero-order valence-electron chi connectivity index (χ0n) is 44.1. The van der Waals surface area contributed by atoms with Crippen LogP contribution in [0.2, 0.25) is 0 Å². The third-order valence-electron chi connectivity index (χ3n) is 15.4. The predicted molar refractivity (Wildman–Crippen MR) is 277 cm³/mol. The molecule has 0 N–H and O–H groups in total. The van der Waals surface area contributed by atoms with E-state index >= 15 is 0 Å². The number of hydrogen-bond acceptors (Lipinski definition) is 2. The molecular formula is C61H80N8+6. The highest BCUT2D eigenvalue weighted by Crippen LogP contribution is 2.51. The van der Waals surface area contributed by atoms with Crippen molar-refractivity contribution in [2.24, 2.45) is 42.3 Å². The standard InChI is InChI=1S/C12H16N.C11H16N.C11H12N.C11H16N.C11H12N.C5H8N3/c1-8-3-6-11-9-4-5-10(7-9)12(11)13(8)2;2*1-9-7-10-5-3-4-6-11(10)8-12(9)2;2*1-9-7-8-10-5-3-4-6-11(10)12(9)2;1-5-7-3-6-4-8(5)2/h3,6,9-10H,4-5,7H2,1-2H3;7-8H,3-6H2,1-2H3;3-8H,1-2H3;7-8H,3-6H2,1-2H3;3-8H,1-2H3;3-4H,1-2H3/q6*+1. The van der Waals surface area contributed by atoms with Crippen LogP contribution in [0.4, 0.5) is 0 Å². The lowest BCUT2D eigenvalue weighted by Crippen LogP contribution is -2.39. The molecule has 4 aliphatic rings. The van der Waals surface area contributed by atoms with E-state index in [-0.39, 0.29) is 0 Å². The second-order valence-corrected chi connectivity index (χ2v) is 20.0. The summed E-state index contributed by atoms with van der Waals surface area (Å²) in [5, 5.41) is 3.91. The van der Waals surface area contributed by atoms with Gasteiger partial charge < -0.3 is 0 Å². The SMILES string of the molecule is Cc1cc2c(c[n+]1C)CCCC2.Cc1cc2ccccc2c[n+]1C.Cc1ccc2c([n+]1C)C1CCC2C1.Cc1ccc2c([n+]1C)CCCC2.Cc1ccc2ccccc2[n+]1C.Cc1ncnc[n+]1C. The molecule has 6 heterocycles. The fourth-order valence-corrected chi connectivity index (χ4v) is 10.4. The number of benzene rings is 2. The van der Waals surface area contributed by atoms with Gasteiger partial charge in [-0.15, -0.1) is 0 Å². The summed E-state index contributed by atoms with van der Waals surface area (Å²) in [5.41, 5.74) is 17.5. The lowest BCUT2D eigenvalue weighted by atomic mass is 9.93. The molecule has 0 saturated heterocycles. The minimum absolute atomic E-state index is 0.880. The summed E-state index contributed by atoms with van der Waals surface area (Å²) in [6.45, 7) is 12.7. The van der Waals surface area contributed by atoms with Gasteiger partial charge in [0.05, 0.1) is 7.05 Å². The van der Waals surface area contributed by atoms with Crippen LogP contribution in [-0.2, 0) is 68.0 Å². The number of para-hydroxylation sites is 1. The molecule has 358 valence electrons. The van der Waals surface area contributed by atoms with E-state index in [1.807, 2.05) is 18.5 Å². The number of pyridine rings is 5. The summed E-state index contributed by atoms with van der Waals surface area (Å²) in [6, 6.07) is 34.8. The summed E-state index contributed by atoms with van der Waals surface area (Å²) in [7, 11) is 12.6. The van der Waals surface area contributed by atoms with Gasteiger partial charge >= 0.3 is 0 Å². The Labute approximate surface area is 413 Å². The van der Waals surface area contributed by atoms with Crippen LogP contribution in [-0.4, -0.2) is 9.97 Å². The summed E-state index contributed by atoms with van der Waals surface area (Å²) >= 11 is 0. The van der Waals surface area contributed by atoms with Gasteiger partial charge in [-0.2, -0.15) is 4.57 Å². The van der Waals surface area contributed by atoms with Crippen LogP contribution >= 0.6 is 0 Å². The molecule has 0 spiro atoms. The van der Waals surface area contributed by atoms with E-state index in [1.165, 1.54) is 127 Å². The molecule has 8 aromatic rings. The number of rotatable bonds is 0. The van der Waals surface area contributed by atoms with E-state index in [2.05, 4.69) is 212 Å². The highest BCUT2D eigenvalue weighted by molar-refractivity contribution is 5.80. The summed E-state index contributed by atoms with van der Waals surface area (Å²) in [6.07, 6.45) is 22.6. The van der Waals surface area contributed by atoms with Crippen LogP contribution in [0.1, 0.15) is 125 Å². The highest BCUT2D eigenvalue weighted by Gasteiger charge is 2.43. The van der Waals surface area contributed by atoms with Crippen molar-refractivity contribution in [3.8, 4) is 0 Å². The fourth-order valence-electron chi connectivity index (χ4n) is 10.4. The largest absolute Gasteiger partial charge is 0.264 e. The minimum atomic E-state index is 0.880. The van der Waals surface area contributed by atoms with Crippen molar-refractivity contribution >= 4 is 21.7 Å². The van der Waals surface area contributed by atoms with Crippen molar-refractivity contribution in [3.05, 3.63) is 190 Å². The van der Waals surface area contributed by atoms with Crippen molar-refractivity contribution in [2.45, 2.75) is 124 Å². The Hall–Kier alpha value is -6.28. The molecule has 8 heteroatoms. The van der Waals surface area contributed by atoms with E-state index < -0.39 is 0 Å². The van der Waals surface area contributed by atoms with E-state index in [0.717, 1.165) is 17.7 Å². The van der Waals surface area contributed by atoms with Crippen LogP contribution < -0.4 is 27.4 Å². The first-order chi connectivity index (χ1) is 33.2. The third kappa shape index (κ3) is 12.5. The van der Waals surface area contributed by atoms with Gasteiger partial charge in [0.15, 0.2) is 52.3 Å². The van der Waals surface area contributed by atoms with E-state index in [0.29, 0.717) is 0 Å². The topological polar surface area (TPSA) is 49.1 Å². The maximum Gasteiger partial charge on any atom is 0.264 e. The average Bonchev–Trinajstić information content (AvgIpc) is 3.99. The summed E-state index contributed by atoms with van der Waals surface area (Å²) < 4.78 is 13.2. The second-order valence-electron chi connectivity index (χ2n) is 20.0. The number of aryl methyl sites for hydroxylation is 13. The van der Waals surface area contributed by atoms with Gasteiger partial charge in [0.25, 0.3) is 6.33 Å². The van der Waals surface area contributed by atoms with Crippen LogP contribution in [0, 0.1) is 41.5 Å². The van der Waals surface area contributed by atoms with Crippen molar-refractivity contribution < 1.29 is 27.4 Å². The highest BCUT2D eigenvalue weighted by atomic mass is 15.1. The lowest BCUT2D eigenvalue weighted by molar-refractivity contribution is -0.686. The van der Waals surface area contributed by atoms with Gasteiger partial charge in [-0.3, -0.25) is 0 Å². The zero-order valence-corrected chi connectivity index (χ0v) is 44.1. The van der Waals surface area contributed by atoms with E-state index in [9.17, 15) is 0 Å². The maximum atomic E-state index is 3.93. The molecule has 1 saturated carbocycles.